The van der Waals surface area contributed by atoms with E-state index in [1.54, 1.807) is 23.7 Å². The summed E-state index contributed by atoms with van der Waals surface area (Å²) in [7, 11) is 1.66. The molecule has 0 saturated heterocycles. The van der Waals surface area contributed by atoms with Crippen LogP contribution >= 0.6 is 11.6 Å². The summed E-state index contributed by atoms with van der Waals surface area (Å²) < 4.78 is 1.59. The van der Waals surface area contributed by atoms with E-state index in [0.29, 0.717) is 16.9 Å². The summed E-state index contributed by atoms with van der Waals surface area (Å²) in [4.78, 5) is 26.2. The van der Waals surface area contributed by atoms with Gasteiger partial charge in [-0.1, -0.05) is 17.7 Å². The zero-order chi connectivity index (χ0) is 16.7. The molecule has 3 aromatic rings. The van der Waals surface area contributed by atoms with Crippen molar-refractivity contribution in [2.45, 2.75) is 0 Å². The molecule has 3 rings (SSSR count). The van der Waals surface area contributed by atoms with Crippen LogP contribution in [0.3, 0.4) is 0 Å². The number of carboxylic acids is 1. The fourth-order valence-electron chi connectivity index (χ4n) is 2.43. The highest BCUT2D eigenvalue weighted by atomic mass is 35.5. The zero-order valence-electron chi connectivity index (χ0n) is 11.9. The molecule has 23 heavy (non-hydrogen) atoms. The first-order valence-electron chi connectivity index (χ1n) is 6.53. The zero-order valence-corrected chi connectivity index (χ0v) is 12.6. The van der Waals surface area contributed by atoms with Crippen LogP contribution in [0.4, 0.5) is 5.69 Å². The maximum absolute atomic E-state index is 11.2. The first kappa shape index (κ1) is 15.0. The Morgan fingerprint density at radius 1 is 1.35 bits per heavy atom. The summed E-state index contributed by atoms with van der Waals surface area (Å²) in [6, 6.07) is 8.86. The molecular formula is C15H10ClN3O4. The number of hydrogen-bond donors (Lipinski definition) is 1. The molecule has 0 fully saturated rings. The quantitative estimate of drug-likeness (QED) is 0.585. The van der Waals surface area contributed by atoms with Crippen molar-refractivity contribution in [2.75, 3.05) is 0 Å². The summed E-state index contributed by atoms with van der Waals surface area (Å²) in [6.45, 7) is 0. The Balaban J connectivity index is 2.32. The minimum atomic E-state index is -1.06. The summed E-state index contributed by atoms with van der Waals surface area (Å²) >= 11 is 6.14. The van der Waals surface area contributed by atoms with E-state index in [1.165, 1.54) is 24.3 Å². The third-order valence-electron chi connectivity index (χ3n) is 3.54. The smallest absolute Gasteiger partial charge is 0.335 e. The van der Waals surface area contributed by atoms with E-state index in [9.17, 15) is 14.9 Å². The second-order valence-electron chi connectivity index (χ2n) is 4.89. The van der Waals surface area contributed by atoms with Crippen LogP contribution in [-0.4, -0.2) is 25.6 Å². The van der Waals surface area contributed by atoms with Gasteiger partial charge in [0.25, 0.3) is 5.69 Å². The number of nitro benzene ring substituents is 1. The Morgan fingerprint density at radius 3 is 2.74 bits per heavy atom. The van der Waals surface area contributed by atoms with Crippen LogP contribution in [0, 0.1) is 10.1 Å². The number of aryl methyl sites for hydroxylation is 1. The van der Waals surface area contributed by atoms with E-state index in [4.69, 9.17) is 16.7 Å². The topological polar surface area (TPSA) is 98.3 Å². The van der Waals surface area contributed by atoms with E-state index in [0.717, 1.165) is 0 Å². The number of imidazole rings is 1. The number of hydrogen-bond acceptors (Lipinski definition) is 4. The number of carbonyl (C=O) groups is 1. The van der Waals surface area contributed by atoms with Crippen LogP contribution < -0.4 is 0 Å². The van der Waals surface area contributed by atoms with Crippen molar-refractivity contribution in [2.24, 2.45) is 7.05 Å². The standard InChI is InChI=1S/C15H10ClN3O4/c1-18-12-7-8(15(20)21)5-6-10(12)17-14(18)13-9(16)3-2-4-11(13)19(22)23/h2-7H,1H3,(H,20,21). The molecule has 116 valence electrons. The second-order valence-corrected chi connectivity index (χ2v) is 5.30. The molecule has 1 N–H and O–H groups in total. The highest BCUT2D eigenvalue weighted by Crippen LogP contribution is 2.36. The largest absolute Gasteiger partial charge is 0.478 e. The molecule has 0 saturated carbocycles. The number of carboxylic acid groups (broad SMARTS) is 1. The molecule has 1 aromatic heterocycles. The lowest BCUT2D eigenvalue weighted by Crippen LogP contribution is -1.99. The molecule has 0 unspecified atom stereocenters. The van der Waals surface area contributed by atoms with Crippen molar-refractivity contribution >= 4 is 34.3 Å². The van der Waals surface area contributed by atoms with E-state index in [-0.39, 0.29) is 21.8 Å². The number of aromatic nitrogens is 2. The number of aromatic carboxylic acids is 1. The van der Waals surface area contributed by atoms with Crippen molar-refractivity contribution in [3.63, 3.8) is 0 Å². The molecule has 0 spiro atoms. The first-order chi connectivity index (χ1) is 10.9. The van der Waals surface area contributed by atoms with Crippen molar-refractivity contribution in [1.29, 1.82) is 0 Å². The van der Waals surface area contributed by atoms with Gasteiger partial charge in [-0.25, -0.2) is 9.78 Å². The summed E-state index contributed by atoms with van der Waals surface area (Å²) in [5.41, 5.74) is 1.24. The normalized spacial score (nSPS) is 10.9. The second kappa shape index (κ2) is 5.36. The van der Waals surface area contributed by atoms with Crippen molar-refractivity contribution < 1.29 is 14.8 Å². The molecule has 0 radical (unpaired) electrons. The number of nitro groups is 1. The number of rotatable bonds is 3. The third-order valence-corrected chi connectivity index (χ3v) is 3.85. The highest BCUT2D eigenvalue weighted by molar-refractivity contribution is 6.33. The van der Waals surface area contributed by atoms with E-state index in [1.807, 2.05) is 0 Å². The summed E-state index contributed by atoms with van der Waals surface area (Å²) in [5, 5.41) is 20.5. The Labute approximate surface area is 134 Å². The minimum absolute atomic E-state index is 0.112. The monoisotopic (exact) mass is 331 g/mol. The van der Waals surface area contributed by atoms with Gasteiger partial charge in [0.1, 0.15) is 11.4 Å². The molecule has 0 aliphatic heterocycles. The molecule has 0 aliphatic rings. The van der Waals surface area contributed by atoms with Crippen LogP contribution in [0.2, 0.25) is 5.02 Å². The minimum Gasteiger partial charge on any atom is -0.478 e. The van der Waals surface area contributed by atoms with Gasteiger partial charge in [-0.05, 0) is 24.3 Å². The summed E-state index contributed by atoms with van der Waals surface area (Å²) in [5.74, 6) is -0.752. The lowest BCUT2D eigenvalue weighted by molar-refractivity contribution is -0.384. The van der Waals surface area contributed by atoms with E-state index >= 15 is 0 Å². The number of benzene rings is 2. The van der Waals surface area contributed by atoms with Crippen molar-refractivity contribution in [3.05, 3.63) is 57.1 Å². The molecule has 0 atom stereocenters. The molecule has 8 heteroatoms. The first-order valence-corrected chi connectivity index (χ1v) is 6.91. The van der Waals surface area contributed by atoms with Crippen LogP contribution in [0.25, 0.3) is 22.4 Å². The van der Waals surface area contributed by atoms with Gasteiger partial charge in [0.15, 0.2) is 0 Å². The molecule has 1 heterocycles. The van der Waals surface area contributed by atoms with Gasteiger partial charge in [-0.15, -0.1) is 0 Å². The van der Waals surface area contributed by atoms with Gasteiger partial charge in [0, 0.05) is 13.1 Å². The maximum atomic E-state index is 11.2. The van der Waals surface area contributed by atoms with Gasteiger partial charge in [0.05, 0.1) is 26.5 Å². The van der Waals surface area contributed by atoms with Gasteiger partial charge in [0.2, 0.25) is 0 Å². The van der Waals surface area contributed by atoms with Gasteiger partial charge >= 0.3 is 5.97 Å². The fraction of sp³-hybridized carbons (Fsp3) is 0.0667. The van der Waals surface area contributed by atoms with Crippen molar-refractivity contribution in [3.8, 4) is 11.4 Å². The van der Waals surface area contributed by atoms with E-state index < -0.39 is 10.9 Å². The molecule has 0 amide bonds. The predicted octanol–water partition coefficient (Wildman–Crippen LogP) is 3.50. The van der Waals surface area contributed by atoms with Crippen LogP contribution in [0.15, 0.2) is 36.4 Å². The van der Waals surface area contributed by atoms with Gasteiger partial charge in [-0.3, -0.25) is 10.1 Å². The lowest BCUT2D eigenvalue weighted by atomic mass is 10.1. The van der Waals surface area contributed by atoms with Crippen LogP contribution in [0.5, 0.6) is 0 Å². The van der Waals surface area contributed by atoms with E-state index in [2.05, 4.69) is 4.98 Å². The molecule has 7 nitrogen and oxygen atoms in total. The Hall–Kier alpha value is -2.93. The number of nitrogens with zero attached hydrogens (tertiary/aromatic N) is 3. The van der Waals surface area contributed by atoms with Gasteiger partial charge < -0.3 is 9.67 Å². The average molecular weight is 332 g/mol. The number of fused-ring (bicyclic) bond motifs is 1. The molecule has 0 aliphatic carbocycles. The fourth-order valence-corrected chi connectivity index (χ4v) is 2.69. The molecule has 2 aromatic carbocycles. The Bertz CT molecular complexity index is 965. The molecule has 0 bridgehead atoms. The Morgan fingerprint density at radius 2 is 2.09 bits per heavy atom. The van der Waals surface area contributed by atoms with Gasteiger partial charge in [-0.2, -0.15) is 0 Å². The highest BCUT2D eigenvalue weighted by Gasteiger charge is 2.23. The lowest BCUT2D eigenvalue weighted by Gasteiger charge is -2.06. The third kappa shape index (κ3) is 2.40. The predicted molar refractivity (Wildman–Crippen MR) is 84.8 cm³/mol. The SMILES string of the molecule is Cn1c(-c2c(Cl)cccc2[N+](=O)[O-])nc2ccc(C(=O)O)cc21. The summed E-state index contributed by atoms with van der Waals surface area (Å²) in [6.07, 6.45) is 0. The molecular weight excluding hydrogens is 322 g/mol. The Kier molecular flexibility index (Phi) is 3.49. The maximum Gasteiger partial charge on any atom is 0.335 e. The van der Waals surface area contributed by atoms with Crippen LogP contribution in [-0.2, 0) is 7.05 Å². The van der Waals surface area contributed by atoms with Crippen LogP contribution in [0.1, 0.15) is 10.4 Å². The average Bonchev–Trinajstić information content (AvgIpc) is 2.83. The number of halogens is 1. The van der Waals surface area contributed by atoms with Crippen molar-refractivity contribution in [1.82, 2.24) is 9.55 Å².